The van der Waals surface area contributed by atoms with E-state index in [1.165, 1.54) is 42.4 Å². The van der Waals surface area contributed by atoms with Gasteiger partial charge in [-0.25, -0.2) is 17.5 Å². The Hall–Kier alpha value is -2.71. The molecule has 8 heteroatoms. The average Bonchev–Trinajstić information content (AvgIpc) is 2.67. The predicted octanol–water partition coefficient (Wildman–Crippen LogP) is 3.35. The van der Waals surface area contributed by atoms with E-state index < -0.39 is 21.7 Å². The Balaban J connectivity index is 2.43. The van der Waals surface area contributed by atoms with Gasteiger partial charge in [0, 0.05) is 30.3 Å². The summed E-state index contributed by atoms with van der Waals surface area (Å²) >= 11 is 0. The van der Waals surface area contributed by atoms with Crippen LogP contribution in [-0.2, 0) is 16.6 Å². The Morgan fingerprint density at radius 1 is 1.28 bits per heavy atom. The molecule has 0 heterocycles. The number of carbonyl (C=O) groups excluding carboxylic acids is 1. The summed E-state index contributed by atoms with van der Waals surface area (Å²) in [6, 6.07) is 10.0. The van der Waals surface area contributed by atoms with Gasteiger partial charge in [-0.05, 0) is 38.1 Å². The Morgan fingerprint density at radius 3 is 2.55 bits per heavy atom. The molecule has 0 aliphatic rings. The fourth-order valence-electron chi connectivity index (χ4n) is 2.78. The maximum Gasteiger partial charge on any atom is 0.254 e. The molecule has 2 rings (SSSR count). The first-order chi connectivity index (χ1) is 13.7. The molecule has 0 atom stereocenters. The van der Waals surface area contributed by atoms with Crippen LogP contribution in [0.5, 0.6) is 5.75 Å². The predicted molar refractivity (Wildman–Crippen MR) is 110 cm³/mol. The highest BCUT2D eigenvalue weighted by Crippen LogP contribution is 2.26. The van der Waals surface area contributed by atoms with Crippen LogP contribution in [0.25, 0.3) is 0 Å². The lowest BCUT2D eigenvalue weighted by Gasteiger charge is -2.22. The van der Waals surface area contributed by atoms with Crippen molar-refractivity contribution in [2.45, 2.75) is 31.3 Å². The van der Waals surface area contributed by atoms with E-state index in [0.29, 0.717) is 5.56 Å². The first-order valence-electron chi connectivity index (χ1n) is 9.03. The smallest absolute Gasteiger partial charge is 0.254 e. The molecule has 1 amide bonds. The summed E-state index contributed by atoms with van der Waals surface area (Å²) in [7, 11) is -2.53. The lowest BCUT2D eigenvalue weighted by molar-refractivity contribution is 0.0761. The maximum absolute atomic E-state index is 14.0. The van der Waals surface area contributed by atoms with Crippen LogP contribution in [0.3, 0.4) is 0 Å². The number of nitrogens with zero attached hydrogens (tertiary/aromatic N) is 1. The van der Waals surface area contributed by atoms with Crippen molar-refractivity contribution in [2.75, 3.05) is 13.7 Å². The quantitative estimate of drug-likeness (QED) is 0.632. The van der Waals surface area contributed by atoms with Crippen LogP contribution in [0.15, 0.2) is 60.0 Å². The van der Waals surface area contributed by atoms with Crippen LogP contribution in [-0.4, -0.2) is 38.9 Å². The second-order valence-electron chi connectivity index (χ2n) is 6.71. The molecular formula is C21H25FN2O4S. The van der Waals surface area contributed by atoms with Gasteiger partial charge in [-0.2, -0.15) is 0 Å². The summed E-state index contributed by atoms with van der Waals surface area (Å²) < 4.78 is 47.0. The van der Waals surface area contributed by atoms with E-state index in [4.69, 9.17) is 4.74 Å². The van der Waals surface area contributed by atoms with Crippen LogP contribution in [0.4, 0.5) is 4.39 Å². The van der Waals surface area contributed by atoms with Crippen molar-refractivity contribution in [1.82, 2.24) is 9.62 Å². The zero-order chi connectivity index (χ0) is 21.6. The highest BCUT2D eigenvalue weighted by molar-refractivity contribution is 7.89. The minimum absolute atomic E-state index is 0.0237. The van der Waals surface area contributed by atoms with Gasteiger partial charge in [0.2, 0.25) is 10.0 Å². The number of hydrogen-bond donors (Lipinski definition) is 1. The molecule has 0 aromatic heterocycles. The van der Waals surface area contributed by atoms with E-state index in [2.05, 4.69) is 11.3 Å². The molecule has 0 fully saturated rings. The molecule has 0 aliphatic heterocycles. The topological polar surface area (TPSA) is 75.7 Å². The van der Waals surface area contributed by atoms with Crippen molar-refractivity contribution in [3.8, 4) is 5.75 Å². The number of nitrogens with one attached hydrogen (secondary N) is 1. The molecule has 156 valence electrons. The van der Waals surface area contributed by atoms with Gasteiger partial charge in [-0.3, -0.25) is 4.79 Å². The summed E-state index contributed by atoms with van der Waals surface area (Å²) in [5, 5.41) is 0. The number of ether oxygens (including phenoxy) is 1. The van der Waals surface area contributed by atoms with Crippen LogP contribution < -0.4 is 9.46 Å². The lowest BCUT2D eigenvalue weighted by Crippen LogP contribution is -2.32. The molecule has 0 bridgehead atoms. The fraction of sp³-hybridized carbons (Fsp3) is 0.286. The summed E-state index contributed by atoms with van der Waals surface area (Å²) in [5.74, 6) is -0.746. The van der Waals surface area contributed by atoms with E-state index >= 15 is 0 Å². The van der Waals surface area contributed by atoms with Gasteiger partial charge in [0.05, 0.1) is 7.11 Å². The third-order valence-corrected chi connectivity index (χ3v) is 5.73. The van der Waals surface area contributed by atoms with Gasteiger partial charge in [0.25, 0.3) is 5.91 Å². The van der Waals surface area contributed by atoms with Gasteiger partial charge in [-0.1, -0.05) is 24.3 Å². The van der Waals surface area contributed by atoms with Crippen molar-refractivity contribution in [2.24, 2.45) is 0 Å². The normalized spacial score (nSPS) is 11.3. The molecular weight excluding hydrogens is 395 g/mol. The van der Waals surface area contributed by atoms with Crippen molar-refractivity contribution < 1.29 is 22.3 Å². The maximum atomic E-state index is 14.0. The minimum Gasteiger partial charge on any atom is -0.495 e. The van der Waals surface area contributed by atoms with E-state index in [1.54, 1.807) is 32.0 Å². The van der Waals surface area contributed by atoms with Crippen LogP contribution in [0.1, 0.15) is 29.8 Å². The summed E-state index contributed by atoms with van der Waals surface area (Å²) in [6.45, 7) is 7.23. The Kier molecular flexibility index (Phi) is 7.53. The summed E-state index contributed by atoms with van der Waals surface area (Å²) in [5.41, 5.74) is 0.499. The second kappa shape index (κ2) is 9.67. The van der Waals surface area contributed by atoms with Gasteiger partial charge in [-0.15, -0.1) is 6.58 Å². The molecule has 2 aromatic carbocycles. The first-order valence-corrected chi connectivity index (χ1v) is 10.5. The van der Waals surface area contributed by atoms with E-state index in [-0.39, 0.29) is 35.3 Å². The van der Waals surface area contributed by atoms with E-state index in [0.717, 1.165) is 0 Å². The summed E-state index contributed by atoms with van der Waals surface area (Å²) in [4.78, 5) is 14.3. The van der Waals surface area contributed by atoms with Gasteiger partial charge < -0.3 is 9.64 Å². The molecule has 6 nitrogen and oxygen atoms in total. The SMILES string of the molecule is C=CCN(Cc1ccccc1F)C(=O)c1ccc(OC)c(S(=O)(=O)NC(C)C)c1. The van der Waals surface area contributed by atoms with E-state index in [1.807, 2.05) is 0 Å². The van der Waals surface area contributed by atoms with Crippen LogP contribution >= 0.6 is 0 Å². The average molecular weight is 421 g/mol. The molecule has 1 N–H and O–H groups in total. The zero-order valence-corrected chi connectivity index (χ0v) is 17.5. The molecule has 2 aromatic rings. The highest BCUT2D eigenvalue weighted by Gasteiger charge is 2.24. The van der Waals surface area contributed by atoms with Crippen molar-refractivity contribution in [3.63, 3.8) is 0 Å². The Bertz CT molecular complexity index is 990. The number of benzene rings is 2. The Labute approximate surface area is 171 Å². The highest BCUT2D eigenvalue weighted by atomic mass is 32.2. The number of methoxy groups -OCH3 is 1. The zero-order valence-electron chi connectivity index (χ0n) is 16.7. The largest absolute Gasteiger partial charge is 0.495 e. The monoisotopic (exact) mass is 420 g/mol. The number of carbonyl (C=O) groups is 1. The first kappa shape index (κ1) is 22.6. The lowest BCUT2D eigenvalue weighted by atomic mass is 10.1. The standard InChI is InChI=1S/C21H25FN2O4S/c1-5-12-24(14-17-8-6-7-9-18(17)22)21(25)16-10-11-19(28-4)20(13-16)29(26,27)23-15(2)3/h5-11,13,15,23H,1,12,14H2,2-4H3. The van der Waals surface area contributed by atoms with E-state index in [9.17, 15) is 17.6 Å². The van der Waals surface area contributed by atoms with Gasteiger partial charge in [0.15, 0.2) is 0 Å². The number of amides is 1. The molecule has 0 unspecified atom stereocenters. The van der Waals surface area contributed by atoms with Crippen molar-refractivity contribution in [3.05, 3.63) is 72.1 Å². The fourth-order valence-corrected chi connectivity index (χ4v) is 4.23. The summed E-state index contributed by atoms with van der Waals surface area (Å²) in [6.07, 6.45) is 1.53. The number of sulfonamides is 1. The van der Waals surface area contributed by atoms with Crippen molar-refractivity contribution in [1.29, 1.82) is 0 Å². The number of halogens is 1. The molecule has 0 spiro atoms. The number of hydrogen-bond acceptors (Lipinski definition) is 4. The minimum atomic E-state index is -3.89. The molecule has 0 aliphatic carbocycles. The molecule has 0 radical (unpaired) electrons. The molecule has 0 saturated heterocycles. The third-order valence-electron chi connectivity index (χ3n) is 4.05. The number of rotatable bonds is 9. The molecule has 0 saturated carbocycles. The van der Waals surface area contributed by atoms with Crippen molar-refractivity contribution >= 4 is 15.9 Å². The second-order valence-corrected chi connectivity index (χ2v) is 8.39. The Morgan fingerprint density at radius 2 is 1.97 bits per heavy atom. The van der Waals surface area contributed by atoms with Crippen LogP contribution in [0.2, 0.25) is 0 Å². The van der Waals surface area contributed by atoms with Crippen LogP contribution in [0, 0.1) is 5.82 Å². The van der Waals surface area contributed by atoms with Gasteiger partial charge in [0.1, 0.15) is 16.5 Å². The third kappa shape index (κ3) is 5.65. The molecule has 29 heavy (non-hydrogen) atoms. The van der Waals surface area contributed by atoms with Gasteiger partial charge >= 0.3 is 0 Å².